The highest BCUT2D eigenvalue weighted by molar-refractivity contribution is 7.86. The molecular weight excluding hydrogens is 240 g/mol. The Kier molecular flexibility index (Phi) is 4.95. The van der Waals surface area contributed by atoms with Gasteiger partial charge in [-0.15, -0.1) is 0 Å². The Bertz CT molecular complexity index is 341. The van der Waals surface area contributed by atoms with Crippen LogP contribution in [0.5, 0.6) is 0 Å². The monoisotopic (exact) mass is 264 g/mol. The zero-order valence-corrected chi connectivity index (χ0v) is 11.8. The Hall–Kier alpha value is -0.170. The van der Waals surface area contributed by atoms with Crippen LogP contribution in [0.3, 0.4) is 0 Å². The number of β-amino-alcohol motifs (C(OH)–C–C–N with tert-alkyl or cyclic N) is 1. The van der Waals surface area contributed by atoms with E-state index in [2.05, 4.69) is 0 Å². The highest BCUT2D eigenvalue weighted by Gasteiger charge is 2.36. The summed E-state index contributed by atoms with van der Waals surface area (Å²) in [6.45, 7) is 4.98. The van der Waals surface area contributed by atoms with Crippen molar-refractivity contribution in [2.24, 2.45) is 0 Å². The van der Waals surface area contributed by atoms with Crippen molar-refractivity contribution in [1.82, 2.24) is 8.61 Å². The average molecular weight is 264 g/mol. The van der Waals surface area contributed by atoms with Crippen molar-refractivity contribution in [3.05, 3.63) is 0 Å². The van der Waals surface area contributed by atoms with E-state index in [1.807, 2.05) is 6.92 Å². The largest absolute Gasteiger partial charge is 0.389 e. The van der Waals surface area contributed by atoms with Gasteiger partial charge in [0.25, 0.3) is 10.2 Å². The molecular formula is C11H24N2O3S. The minimum Gasteiger partial charge on any atom is -0.389 e. The number of aliphatic hydroxyl groups is 1. The zero-order valence-electron chi connectivity index (χ0n) is 11.0. The standard InChI is InChI=1S/C11H24N2O3S/c1-4-5-8-12(3)17(15,16)13-9-6-7-11(2,14)10-13/h14H,4-10H2,1-3H3. The molecule has 0 bridgehead atoms. The Labute approximate surface area is 105 Å². The topological polar surface area (TPSA) is 60.9 Å². The number of hydrogen-bond donors (Lipinski definition) is 1. The van der Waals surface area contributed by atoms with Gasteiger partial charge >= 0.3 is 0 Å². The molecule has 1 unspecified atom stereocenters. The molecule has 1 heterocycles. The van der Waals surface area contributed by atoms with Crippen molar-refractivity contribution >= 4 is 10.2 Å². The molecule has 1 atom stereocenters. The SMILES string of the molecule is CCCCN(C)S(=O)(=O)N1CCCC(C)(O)C1. The lowest BCUT2D eigenvalue weighted by Gasteiger charge is -2.37. The van der Waals surface area contributed by atoms with Crippen LogP contribution in [0.15, 0.2) is 0 Å². The van der Waals surface area contributed by atoms with E-state index in [1.54, 1.807) is 14.0 Å². The Morgan fingerprint density at radius 2 is 2.12 bits per heavy atom. The lowest BCUT2D eigenvalue weighted by molar-refractivity contribution is 0.00799. The van der Waals surface area contributed by atoms with Gasteiger partial charge in [0.2, 0.25) is 0 Å². The number of nitrogens with zero attached hydrogens (tertiary/aromatic N) is 2. The lowest BCUT2D eigenvalue weighted by Crippen LogP contribution is -2.52. The summed E-state index contributed by atoms with van der Waals surface area (Å²) in [7, 11) is -1.79. The molecule has 0 saturated carbocycles. The van der Waals surface area contributed by atoms with Crippen LogP contribution in [-0.4, -0.2) is 54.4 Å². The second-order valence-corrected chi connectivity index (χ2v) is 7.15. The predicted octanol–water partition coefficient (Wildman–Crippen LogP) is 0.810. The van der Waals surface area contributed by atoms with Crippen LogP contribution in [0.2, 0.25) is 0 Å². The van der Waals surface area contributed by atoms with Crippen LogP contribution in [0.4, 0.5) is 0 Å². The van der Waals surface area contributed by atoms with Gasteiger partial charge in [-0.2, -0.15) is 17.0 Å². The molecule has 0 aromatic heterocycles. The zero-order chi connectivity index (χ0) is 13.1. The fourth-order valence-corrected chi connectivity index (χ4v) is 3.62. The highest BCUT2D eigenvalue weighted by Crippen LogP contribution is 2.23. The molecule has 1 aliphatic rings. The molecule has 1 saturated heterocycles. The summed E-state index contributed by atoms with van der Waals surface area (Å²) in [6.07, 6.45) is 3.21. The van der Waals surface area contributed by atoms with E-state index < -0.39 is 15.8 Å². The average Bonchev–Trinajstić information content (AvgIpc) is 2.24. The lowest BCUT2D eigenvalue weighted by atomic mass is 9.97. The summed E-state index contributed by atoms with van der Waals surface area (Å²) in [6, 6.07) is 0. The molecule has 1 rings (SSSR count). The first kappa shape index (κ1) is 14.9. The first-order valence-corrected chi connectivity index (χ1v) is 7.63. The van der Waals surface area contributed by atoms with E-state index in [4.69, 9.17) is 0 Å². The van der Waals surface area contributed by atoms with E-state index in [-0.39, 0.29) is 6.54 Å². The summed E-state index contributed by atoms with van der Waals surface area (Å²) in [5.41, 5.74) is -0.892. The molecule has 0 spiro atoms. The fourth-order valence-electron chi connectivity index (χ4n) is 2.06. The fraction of sp³-hybridized carbons (Fsp3) is 1.00. The van der Waals surface area contributed by atoms with Crippen LogP contribution >= 0.6 is 0 Å². The normalized spacial score (nSPS) is 27.6. The van der Waals surface area contributed by atoms with Gasteiger partial charge in [-0.25, -0.2) is 0 Å². The number of piperidine rings is 1. The van der Waals surface area contributed by atoms with E-state index >= 15 is 0 Å². The van der Waals surface area contributed by atoms with Crippen LogP contribution in [0, 0.1) is 0 Å². The second kappa shape index (κ2) is 5.65. The molecule has 0 aromatic carbocycles. The summed E-state index contributed by atoms with van der Waals surface area (Å²) in [5, 5.41) is 9.94. The Balaban J connectivity index is 2.69. The first-order valence-electron chi connectivity index (χ1n) is 6.23. The van der Waals surface area contributed by atoms with Gasteiger partial charge in [0.05, 0.1) is 5.60 Å². The molecule has 5 nitrogen and oxygen atoms in total. The predicted molar refractivity (Wildman–Crippen MR) is 67.9 cm³/mol. The van der Waals surface area contributed by atoms with Crippen molar-refractivity contribution in [1.29, 1.82) is 0 Å². The van der Waals surface area contributed by atoms with Crippen LogP contribution < -0.4 is 0 Å². The van der Waals surface area contributed by atoms with E-state index in [0.29, 0.717) is 25.9 Å². The summed E-state index contributed by atoms with van der Waals surface area (Å²) < 4.78 is 27.2. The minimum absolute atomic E-state index is 0.200. The summed E-state index contributed by atoms with van der Waals surface area (Å²) >= 11 is 0. The third kappa shape index (κ3) is 3.91. The van der Waals surface area contributed by atoms with E-state index in [1.165, 1.54) is 8.61 Å². The van der Waals surface area contributed by atoms with Gasteiger partial charge in [0, 0.05) is 26.7 Å². The maximum Gasteiger partial charge on any atom is 0.281 e. The molecule has 1 fully saturated rings. The van der Waals surface area contributed by atoms with Gasteiger partial charge in [-0.05, 0) is 26.2 Å². The van der Waals surface area contributed by atoms with Crippen LogP contribution in [0.1, 0.15) is 39.5 Å². The molecule has 1 aliphatic heterocycles. The molecule has 0 amide bonds. The molecule has 6 heteroatoms. The maximum atomic E-state index is 12.2. The van der Waals surface area contributed by atoms with Gasteiger partial charge in [-0.1, -0.05) is 13.3 Å². The third-order valence-corrected chi connectivity index (χ3v) is 5.12. The third-order valence-electron chi connectivity index (χ3n) is 3.19. The summed E-state index contributed by atoms with van der Waals surface area (Å²) in [4.78, 5) is 0. The molecule has 0 radical (unpaired) electrons. The van der Waals surface area contributed by atoms with E-state index in [9.17, 15) is 13.5 Å². The molecule has 0 aliphatic carbocycles. The first-order chi connectivity index (χ1) is 7.79. The van der Waals surface area contributed by atoms with Gasteiger partial charge < -0.3 is 5.11 Å². The highest BCUT2D eigenvalue weighted by atomic mass is 32.2. The number of unbranched alkanes of at least 4 members (excludes halogenated alkanes) is 1. The van der Waals surface area contributed by atoms with Gasteiger partial charge in [0.15, 0.2) is 0 Å². The van der Waals surface area contributed by atoms with Crippen molar-refractivity contribution < 1.29 is 13.5 Å². The van der Waals surface area contributed by atoms with Crippen molar-refractivity contribution in [3.63, 3.8) is 0 Å². The Morgan fingerprint density at radius 1 is 1.47 bits per heavy atom. The molecule has 1 N–H and O–H groups in total. The summed E-state index contributed by atoms with van der Waals surface area (Å²) in [5.74, 6) is 0. The van der Waals surface area contributed by atoms with Crippen molar-refractivity contribution in [2.75, 3.05) is 26.7 Å². The molecule has 102 valence electrons. The smallest absolute Gasteiger partial charge is 0.281 e. The Morgan fingerprint density at radius 3 is 2.65 bits per heavy atom. The van der Waals surface area contributed by atoms with Gasteiger partial charge in [-0.3, -0.25) is 0 Å². The number of rotatable bonds is 5. The van der Waals surface area contributed by atoms with Crippen molar-refractivity contribution in [2.45, 2.75) is 45.1 Å². The van der Waals surface area contributed by atoms with Crippen molar-refractivity contribution in [3.8, 4) is 0 Å². The van der Waals surface area contributed by atoms with E-state index in [0.717, 1.165) is 12.8 Å². The molecule has 17 heavy (non-hydrogen) atoms. The minimum atomic E-state index is -3.40. The molecule has 0 aromatic rings. The van der Waals surface area contributed by atoms with Crippen LogP contribution in [0.25, 0.3) is 0 Å². The quantitative estimate of drug-likeness (QED) is 0.799. The maximum absolute atomic E-state index is 12.2. The van der Waals surface area contributed by atoms with Gasteiger partial charge in [0.1, 0.15) is 0 Å². The number of hydrogen-bond acceptors (Lipinski definition) is 3. The second-order valence-electron chi connectivity index (χ2n) is 5.12. The van der Waals surface area contributed by atoms with Crippen LogP contribution in [-0.2, 0) is 10.2 Å².